The highest BCUT2D eigenvalue weighted by Gasteiger charge is 2.14. The van der Waals surface area contributed by atoms with E-state index >= 15 is 0 Å². The molecule has 0 aromatic heterocycles. The molecule has 0 aliphatic heterocycles. The summed E-state index contributed by atoms with van der Waals surface area (Å²) >= 11 is 0. The van der Waals surface area contributed by atoms with Crippen molar-refractivity contribution in [1.29, 1.82) is 0 Å². The second kappa shape index (κ2) is 12.0. The van der Waals surface area contributed by atoms with E-state index in [1.54, 1.807) is 13.4 Å². The SMILES string of the molecule is COCO/C=C\[C@@H]1CC/C(C)=C/CC/C(C)=C/CCC#C[C@@H]1O. The van der Waals surface area contributed by atoms with Crippen LogP contribution < -0.4 is 0 Å². The monoisotopic (exact) mass is 318 g/mol. The first-order chi connectivity index (χ1) is 11.1. The van der Waals surface area contributed by atoms with Gasteiger partial charge in [0.15, 0.2) is 6.79 Å². The third-order valence-electron chi connectivity index (χ3n) is 3.93. The van der Waals surface area contributed by atoms with Gasteiger partial charge in [0.1, 0.15) is 6.10 Å². The second-order valence-corrected chi connectivity index (χ2v) is 6.05. The van der Waals surface area contributed by atoms with E-state index in [-0.39, 0.29) is 12.7 Å². The molecule has 0 saturated heterocycles. The molecule has 1 aliphatic rings. The van der Waals surface area contributed by atoms with Crippen molar-refractivity contribution in [2.24, 2.45) is 5.92 Å². The van der Waals surface area contributed by atoms with Gasteiger partial charge in [0.2, 0.25) is 0 Å². The number of hydrogen-bond donors (Lipinski definition) is 1. The number of rotatable bonds is 4. The molecule has 1 rings (SSSR count). The molecule has 0 aromatic rings. The fraction of sp³-hybridized carbons (Fsp3) is 0.600. The number of ether oxygens (including phenoxy) is 2. The average molecular weight is 318 g/mol. The van der Waals surface area contributed by atoms with Gasteiger partial charge in [0.25, 0.3) is 0 Å². The number of methoxy groups -OCH3 is 1. The topological polar surface area (TPSA) is 38.7 Å². The van der Waals surface area contributed by atoms with Crippen LogP contribution in [0.5, 0.6) is 0 Å². The van der Waals surface area contributed by atoms with Crippen molar-refractivity contribution in [1.82, 2.24) is 0 Å². The minimum absolute atomic E-state index is 0.0251. The van der Waals surface area contributed by atoms with Crippen molar-refractivity contribution in [3.63, 3.8) is 0 Å². The van der Waals surface area contributed by atoms with E-state index in [0.717, 1.165) is 38.5 Å². The molecular formula is C20H30O3. The lowest BCUT2D eigenvalue weighted by molar-refractivity contribution is 0.0188. The van der Waals surface area contributed by atoms with Crippen molar-refractivity contribution in [3.8, 4) is 11.8 Å². The standard InChI is InChI=1S/C20H30O3/c1-17-8-5-4-6-11-20(21)19(14-15-23-16-22-3)13-12-18(2)10-7-9-17/h8,10,14-15,19-21H,4-5,7,9,12-13,16H2,1-3H3/b15-14-,17-8+,18-10+/t19-,20-/m0/s1. The maximum Gasteiger partial charge on any atom is 0.187 e. The van der Waals surface area contributed by atoms with Gasteiger partial charge in [-0.15, -0.1) is 5.92 Å². The quantitative estimate of drug-likeness (QED) is 0.275. The molecule has 3 heteroatoms. The van der Waals surface area contributed by atoms with Crippen LogP contribution in [0.15, 0.2) is 35.6 Å². The van der Waals surface area contributed by atoms with Crippen molar-refractivity contribution in [3.05, 3.63) is 35.6 Å². The van der Waals surface area contributed by atoms with Gasteiger partial charge in [-0.2, -0.15) is 0 Å². The highest BCUT2D eigenvalue weighted by Crippen LogP contribution is 2.19. The largest absolute Gasteiger partial charge is 0.475 e. The normalized spacial score (nSPS) is 28.7. The molecule has 0 bridgehead atoms. The van der Waals surface area contributed by atoms with Crippen LogP contribution in [0.2, 0.25) is 0 Å². The molecule has 128 valence electrons. The molecular weight excluding hydrogens is 288 g/mol. The predicted octanol–water partition coefficient (Wildman–Crippen LogP) is 4.35. The van der Waals surface area contributed by atoms with Gasteiger partial charge in [-0.3, -0.25) is 0 Å². The Hall–Kier alpha value is -1.50. The maximum absolute atomic E-state index is 10.3. The van der Waals surface area contributed by atoms with Crippen LogP contribution in [0.25, 0.3) is 0 Å². The van der Waals surface area contributed by atoms with Crippen LogP contribution in [0.3, 0.4) is 0 Å². The number of hydrogen-bond acceptors (Lipinski definition) is 3. The Kier molecular flexibility index (Phi) is 10.2. The molecule has 0 amide bonds. The molecule has 0 spiro atoms. The predicted molar refractivity (Wildman–Crippen MR) is 94.6 cm³/mol. The molecule has 3 nitrogen and oxygen atoms in total. The molecule has 0 unspecified atom stereocenters. The van der Waals surface area contributed by atoms with Crippen molar-refractivity contribution >= 4 is 0 Å². The molecule has 0 radical (unpaired) electrons. The first-order valence-electron chi connectivity index (χ1n) is 8.38. The fourth-order valence-corrected chi connectivity index (χ4v) is 2.44. The average Bonchev–Trinajstić information content (AvgIpc) is 2.53. The number of aliphatic hydroxyl groups excluding tert-OH is 1. The summed E-state index contributed by atoms with van der Waals surface area (Å²) in [5, 5.41) is 10.3. The minimum Gasteiger partial charge on any atom is -0.475 e. The Bertz CT molecular complexity index is 477. The van der Waals surface area contributed by atoms with E-state index in [2.05, 4.69) is 37.8 Å². The van der Waals surface area contributed by atoms with Crippen LogP contribution in [0.1, 0.15) is 52.4 Å². The molecule has 2 atom stereocenters. The lowest BCUT2D eigenvalue weighted by atomic mass is 9.94. The number of allylic oxidation sites excluding steroid dienone is 4. The summed E-state index contributed by atoms with van der Waals surface area (Å²) in [7, 11) is 1.58. The Balaban J connectivity index is 2.75. The lowest BCUT2D eigenvalue weighted by Crippen LogP contribution is -2.17. The number of aliphatic hydroxyl groups is 1. The Morgan fingerprint density at radius 2 is 1.96 bits per heavy atom. The summed E-state index contributed by atoms with van der Waals surface area (Å²) in [4.78, 5) is 0. The van der Waals surface area contributed by atoms with Gasteiger partial charge in [-0.1, -0.05) is 29.2 Å². The fourth-order valence-electron chi connectivity index (χ4n) is 2.44. The van der Waals surface area contributed by atoms with E-state index in [0.29, 0.717) is 0 Å². The van der Waals surface area contributed by atoms with Gasteiger partial charge in [-0.25, -0.2) is 0 Å². The third kappa shape index (κ3) is 9.28. The van der Waals surface area contributed by atoms with Gasteiger partial charge in [0, 0.05) is 19.4 Å². The summed E-state index contributed by atoms with van der Waals surface area (Å²) in [6.07, 6.45) is 13.2. The first kappa shape index (κ1) is 19.5. The smallest absolute Gasteiger partial charge is 0.187 e. The van der Waals surface area contributed by atoms with Crippen molar-refractivity contribution in [2.45, 2.75) is 58.5 Å². The molecule has 0 aromatic carbocycles. The molecule has 1 N–H and O–H groups in total. The minimum atomic E-state index is -0.654. The summed E-state index contributed by atoms with van der Waals surface area (Å²) in [6.45, 7) is 4.55. The molecule has 1 aliphatic carbocycles. The second-order valence-electron chi connectivity index (χ2n) is 6.05. The van der Waals surface area contributed by atoms with E-state index in [9.17, 15) is 5.11 Å². The van der Waals surface area contributed by atoms with Crippen LogP contribution in [-0.4, -0.2) is 25.1 Å². The van der Waals surface area contributed by atoms with Crippen LogP contribution >= 0.6 is 0 Å². The van der Waals surface area contributed by atoms with Gasteiger partial charge in [0.05, 0.1) is 6.26 Å². The Morgan fingerprint density at radius 3 is 2.74 bits per heavy atom. The van der Waals surface area contributed by atoms with Crippen LogP contribution in [-0.2, 0) is 9.47 Å². The summed E-state index contributed by atoms with van der Waals surface area (Å²) in [5.41, 5.74) is 2.79. The van der Waals surface area contributed by atoms with E-state index in [1.807, 2.05) is 6.08 Å². The van der Waals surface area contributed by atoms with Crippen molar-refractivity contribution < 1.29 is 14.6 Å². The van der Waals surface area contributed by atoms with E-state index in [1.165, 1.54) is 11.1 Å². The van der Waals surface area contributed by atoms with Gasteiger partial charge in [-0.05, 0) is 52.0 Å². The van der Waals surface area contributed by atoms with Gasteiger partial charge >= 0.3 is 0 Å². The zero-order valence-electron chi connectivity index (χ0n) is 14.7. The zero-order valence-corrected chi connectivity index (χ0v) is 14.7. The summed E-state index contributed by atoms with van der Waals surface area (Å²) < 4.78 is 10.0. The molecule has 0 saturated carbocycles. The molecule has 0 heterocycles. The Morgan fingerprint density at radius 1 is 1.22 bits per heavy atom. The molecule has 23 heavy (non-hydrogen) atoms. The zero-order chi connectivity index (χ0) is 16.9. The third-order valence-corrected chi connectivity index (χ3v) is 3.93. The maximum atomic E-state index is 10.3. The van der Waals surface area contributed by atoms with Crippen molar-refractivity contribution in [2.75, 3.05) is 13.9 Å². The first-order valence-corrected chi connectivity index (χ1v) is 8.38. The lowest BCUT2D eigenvalue weighted by Gasteiger charge is -2.16. The molecule has 0 fully saturated rings. The highest BCUT2D eigenvalue weighted by molar-refractivity contribution is 5.12. The van der Waals surface area contributed by atoms with E-state index in [4.69, 9.17) is 9.47 Å². The summed E-state index contributed by atoms with van der Waals surface area (Å²) in [6, 6.07) is 0. The van der Waals surface area contributed by atoms with Crippen LogP contribution in [0, 0.1) is 17.8 Å². The Labute approximate surface area is 141 Å². The highest BCUT2D eigenvalue weighted by atomic mass is 16.7. The summed E-state index contributed by atoms with van der Waals surface area (Å²) in [5.74, 6) is 6.04. The van der Waals surface area contributed by atoms with E-state index < -0.39 is 6.10 Å². The van der Waals surface area contributed by atoms with Gasteiger partial charge < -0.3 is 14.6 Å². The van der Waals surface area contributed by atoms with Crippen LogP contribution in [0.4, 0.5) is 0 Å².